The number of amides is 1. The molecular weight excluding hydrogens is 274 g/mol. The van der Waals surface area contributed by atoms with Gasteiger partial charge in [-0.05, 0) is 42.7 Å². The highest BCUT2D eigenvalue weighted by Crippen LogP contribution is 2.19. The summed E-state index contributed by atoms with van der Waals surface area (Å²) in [4.78, 5) is 12.0. The highest BCUT2D eigenvalue weighted by molar-refractivity contribution is 6.03. The molecule has 0 aromatic heterocycles. The molecule has 0 saturated heterocycles. The lowest BCUT2D eigenvalue weighted by Gasteiger charge is -2.08. The first kappa shape index (κ1) is 15.8. The second-order valence-corrected chi connectivity index (χ2v) is 5.46. The molecule has 3 heteroatoms. The van der Waals surface area contributed by atoms with Crippen LogP contribution in [0.3, 0.4) is 0 Å². The van der Waals surface area contributed by atoms with Crippen molar-refractivity contribution < 1.29 is 9.53 Å². The Labute approximate surface area is 131 Å². The van der Waals surface area contributed by atoms with Crippen LogP contribution in [0.4, 0.5) is 5.69 Å². The molecule has 22 heavy (non-hydrogen) atoms. The molecule has 0 radical (unpaired) electrons. The fraction of sp³-hybridized carbons (Fsp3) is 0.211. The number of carbonyl (C=O) groups excluding carboxylic acids is 1. The molecule has 0 bridgehead atoms. The number of anilines is 1. The summed E-state index contributed by atoms with van der Waals surface area (Å²) in [5, 5.41) is 2.81. The summed E-state index contributed by atoms with van der Waals surface area (Å²) in [5.74, 6) is 1.03. The van der Waals surface area contributed by atoms with Crippen molar-refractivity contribution in [3.05, 3.63) is 72.0 Å². The Morgan fingerprint density at radius 2 is 1.68 bits per heavy atom. The lowest BCUT2D eigenvalue weighted by atomic mass is 10.0. The minimum Gasteiger partial charge on any atom is -0.465 e. The van der Waals surface area contributed by atoms with Crippen molar-refractivity contribution >= 4 is 11.6 Å². The summed E-state index contributed by atoms with van der Waals surface area (Å²) in [6.45, 7) is 6.02. The average molecular weight is 295 g/mol. The SMILES string of the molecule is CC(=COc1ccc(C(C)C)cc1)C(=O)Nc1ccccc1. The Balaban J connectivity index is 1.95. The van der Waals surface area contributed by atoms with E-state index in [0.29, 0.717) is 11.5 Å². The highest BCUT2D eigenvalue weighted by atomic mass is 16.5. The second kappa shape index (κ2) is 7.46. The molecule has 1 N–H and O–H groups in total. The molecule has 0 heterocycles. The first-order valence-electron chi connectivity index (χ1n) is 7.36. The van der Waals surface area contributed by atoms with Gasteiger partial charge in [0.2, 0.25) is 0 Å². The zero-order chi connectivity index (χ0) is 15.9. The zero-order valence-corrected chi connectivity index (χ0v) is 13.2. The van der Waals surface area contributed by atoms with Gasteiger partial charge in [-0.25, -0.2) is 0 Å². The van der Waals surface area contributed by atoms with Crippen LogP contribution in [0.25, 0.3) is 0 Å². The third kappa shape index (κ3) is 4.48. The quantitative estimate of drug-likeness (QED) is 0.639. The lowest BCUT2D eigenvalue weighted by Crippen LogP contribution is -2.13. The minimum atomic E-state index is -0.176. The summed E-state index contributed by atoms with van der Waals surface area (Å²) in [6.07, 6.45) is 1.47. The van der Waals surface area contributed by atoms with Crippen LogP contribution in [0.5, 0.6) is 5.75 Å². The van der Waals surface area contributed by atoms with E-state index in [2.05, 4.69) is 19.2 Å². The molecule has 2 rings (SSSR count). The molecule has 0 aliphatic rings. The van der Waals surface area contributed by atoms with E-state index in [4.69, 9.17) is 4.74 Å². The topological polar surface area (TPSA) is 38.3 Å². The zero-order valence-electron chi connectivity index (χ0n) is 13.2. The number of hydrogen-bond donors (Lipinski definition) is 1. The van der Waals surface area contributed by atoms with Gasteiger partial charge in [0, 0.05) is 11.3 Å². The van der Waals surface area contributed by atoms with Crippen LogP contribution in [0.1, 0.15) is 32.3 Å². The molecule has 0 spiro atoms. The molecule has 3 nitrogen and oxygen atoms in total. The molecular formula is C19H21NO2. The van der Waals surface area contributed by atoms with Gasteiger partial charge in [-0.15, -0.1) is 0 Å². The van der Waals surface area contributed by atoms with Gasteiger partial charge in [-0.1, -0.05) is 44.2 Å². The molecule has 114 valence electrons. The van der Waals surface area contributed by atoms with Gasteiger partial charge in [0.1, 0.15) is 5.75 Å². The van der Waals surface area contributed by atoms with Crippen LogP contribution < -0.4 is 10.1 Å². The fourth-order valence-electron chi connectivity index (χ4n) is 1.89. The van der Waals surface area contributed by atoms with Crippen molar-refractivity contribution in [1.82, 2.24) is 0 Å². The van der Waals surface area contributed by atoms with E-state index in [1.165, 1.54) is 11.8 Å². The summed E-state index contributed by atoms with van der Waals surface area (Å²) < 4.78 is 5.54. The predicted molar refractivity (Wildman–Crippen MR) is 90.0 cm³/mol. The number of benzene rings is 2. The summed E-state index contributed by atoms with van der Waals surface area (Å²) >= 11 is 0. The van der Waals surface area contributed by atoms with Crippen molar-refractivity contribution in [2.45, 2.75) is 26.7 Å². The number of hydrogen-bond acceptors (Lipinski definition) is 2. The van der Waals surface area contributed by atoms with Crippen LogP contribution in [0, 0.1) is 0 Å². The molecule has 0 aliphatic heterocycles. The van der Waals surface area contributed by atoms with E-state index in [1.54, 1.807) is 6.92 Å². The molecule has 0 aliphatic carbocycles. The van der Waals surface area contributed by atoms with Gasteiger partial charge in [0.25, 0.3) is 5.91 Å². The van der Waals surface area contributed by atoms with Crippen LogP contribution in [-0.4, -0.2) is 5.91 Å². The number of para-hydroxylation sites is 1. The molecule has 1 amide bonds. The van der Waals surface area contributed by atoms with E-state index in [-0.39, 0.29) is 5.91 Å². The molecule has 0 unspecified atom stereocenters. The molecule has 2 aromatic carbocycles. The van der Waals surface area contributed by atoms with Gasteiger partial charge < -0.3 is 10.1 Å². The van der Waals surface area contributed by atoms with E-state index < -0.39 is 0 Å². The van der Waals surface area contributed by atoms with Gasteiger partial charge in [-0.3, -0.25) is 4.79 Å². The molecule has 0 atom stereocenters. The third-order valence-electron chi connectivity index (χ3n) is 3.31. The van der Waals surface area contributed by atoms with Crippen molar-refractivity contribution in [2.24, 2.45) is 0 Å². The maximum Gasteiger partial charge on any atom is 0.254 e. The van der Waals surface area contributed by atoms with E-state index >= 15 is 0 Å². The van der Waals surface area contributed by atoms with Crippen LogP contribution >= 0.6 is 0 Å². The average Bonchev–Trinajstić information content (AvgIpc) is 2.53. The third-order valence-corrected chi connectivity index (χ3v) is 3.31. The Kier molecular flexibility index (Phi) is 5.37. The normalized spacial score (nSPS) is 11.4. The van der Waals surface area contributed by atoms with Crippen molar-refractivity contribution in [1.29, 1.82) is 0 Å². The van der Waals surface area contributed by atoms with Crippen LogP contribution in [-0.2, 0) is 4.79 Å². The summed E-state index contributed by atoms with van der Waals surface area (Å²) in [6, 6.07) is 17.2. The van der Waals surface area contributed by atoms with Crippen LogP contribution in [0.2, 0.25) is 0 Å². The number of nitrogens with one attached hydrogen (secondary N) is 1. The first-order valence-corrected chi connectivity index (χ1v) is 7.36. The number of ether oxygens (including phenoxy) is 1. The highest BCUT2D eigenvalue weighted by Gasteiger charge is 2.05. The first-order chi connectivity index (χ1) is 10.6. The van der Waals surface area contributed by atoms with Crippen LogP contribution in [0.15, 0.2) is 66.4 Å². The van der Waals surface area contributed by atoms with E-state index in [1.807, 2.05) is 54.6 Å². The number of carbonyl (C=O) groups is 1. The fourth-order valence-corrected chi connectivity index (χ4v) is 1.89. The molecule has 0 fully saturated rings. The van der Waals surface area contributed by atoms with Gasteiger partial charge in [0.15, 0.2) is 0 Å². The summed E-state index contributed by atoms with van der Waals surface area (Å²) in [5.41, 5.74) is 2.54. The Morgan fingerprint density at radius 3 is 2.27 bits per heavy atom. The minimum absolute atomic E-state index is 0.176. The monoisotopic (exact) mass is 295 g/mol. The van der Waals surface area contributed by atoms with Gasteiger partial charge in [-0.2, -0.15) is 0 Å². The molecule has 2 aromatic rings. The van der Waals surface area contributed by atoms with Crippen molar-refractivity contribution in [2.75, 3.05) is 5.32 Å². The Hall–Kier alpha value is -2.55. The standard InChI is InChI=1S/C19H21NO2/c1-14(2)16-9-11-18(12-10-16)22-13-15(3)19(21)20-17-7-5-4-6-8-17/h4-14H,1-3H3,(H,20,21). The van der Waals surface area contributed by atoms with Crippen molar-refractivity contribution in [3.8, 4) is 5.75 Å². The number of rotatable bonds is 5. The molecule has 0 saturated carbocycles. The smallest absolute Gasteiger partial charge is 0.254 e. The van der Waals surface area contributed by atoms with Gasteiger partial charge >= 0.3 is 0 Å². The van der Waals surface area contributed by atoms with E-state index in [9.17, 15) is 4.79 Å². The largest absolute Gasteiger partial charge is 0.465 e. The van der Waals surface area contributed by atoms with Gasteiger partial charge in [0.05, 0.1) is 6.26 Å². The Bertz CT molecular complexity index is 643. The second-order valence-electron chi connectivity index (χ2n) is 5.46. The summed E-state index contributed by atoms with van der Waals surface area (Å²) in [7, 11) is 0. The van der Waals surface area contributed by atoms with E-state index in [0.717, 1.165) is 11.4 Å². The predicted octanol–water partition coefficient (Wildman–Crippen LogP) is 4.73. The lowest BCUT2D eigenvalue weighted by molar-refractivity contribution is -0.112. The van der Waals surface area contributed by atoms with Crippen molar-refractivity contribution in [3.63, 3.8) is 0 Å². The maximum absolute atomic E-state index is 12.0. The maximum atomic E-state index is 12.0. The Morgan fingerprint density at radius 1 is 1.05 bits per heavy atom.